The van der Waals surface area contributed by atoms with Gasteiger partial charge in [-0.15, -0.1) is 0 Å². The number of carbonyl (C=O) groups is 1. The second-order valence-corrected chi connectivity index (χ2v) is 3.22. The van der Waals surface area contributed by atoms with Gasteiger partial charge in [0.25, 0.3) is 0 Å². The third-order valence-corrected chi connectivity index (χ3v) is 1.52. The number of hydrogen-bond donors (Lipinski definition) is 2. The zero-order valence-electron chi connectivity index (χ0n) is 7.18. The summed E-state index contributed by atoms with van der Waals surface area (Å²) in [5, 5.41) is 10.6. The maximum atomic E-state index is 10.1. The molecule has 0 aromatic heterocycles. The quantitative estimate of drug-likeness (QED) is 0.656. The third-order valence-electron chi connectivity index (χ3n) is 1.52. The van der Waals surface area contributed by atoms with Crippen molar-refractivity contribution in [2.45, 2.75) is 26.7 Å². The van der Waals surface area contributed by atoms with Crippen LogP contribution in [-0.2, 0) is 0 Å². The Balaban J connectivity index is 3.63. The molecule has 11 heavy (non-hydrogen) atoms. The van der Waals surface area contributed by atoms with Crippen molar-refractivity contribution in [2.24, 2.45) is 5.41 Å². The SMILES string of the molecule is [CH2]C(C)(CCC)CNC(=O)O. The number of carboxylic acid groups (broad SMARTS) is 1. The largest absolute Gasteiger partial charge is 0.465 e. The van der Waals surface area contributed by atoms with E-state index in [2.05, 4.69) is 19.2 Å². The number of nitrogens with one attached hydrogen (secondary N) is 1. The van der Waals surface area contributed by atoms with Gasteiger partial charge in [0.15, 0.2) is 0 Å². The smallest absolute Gasteiger partial charge is 0.404 e. The van der Waals surface area contributed by atoms with Crippen LogP contribution < -0.4 is 5.32 Å². The van der Waals surface area contributed by atoms with Crippen LogP contribution in [0.1, 0.15) is 26.7 Å². The summed E-state index contributed by atoms with van der Waals surface area (Å²) in [4.78, 5) is 10.1. The van der Waals surface area contributed by atoms with Gasteiger partial charge in [0.05, 0.1) is 0 Å². The Kier molecular flexibility index (Phi) is 3.93. The molecule has 0 bridgehead atoms. The molecule has 0 aromatic rings. The summed E-state index contributed by atoms with van der Waals surface area (Å²) in [5.41, 5.74) is -0.160. The molecule has 0 fully saturated rings. The lowest BCUT2D eigenvalue weighted by atomic mass is 9.88. The van der Waals surface area contributed by atoms with Crippen LogP contribution in [0.15, 0.2) is 0 Å². The average molecular weight is 158 g/mol. The first kappa shape index (κ1) is 10.3. The fourth-order valence-corrected chi connectivity index (χ4v) is 0.981. The Hall–Kier alpha value is -0.730. The first-order valence-corrected chi connectivity index (χ1v) is 3.80. The lowest BCUT2D eigenvalue weighted by Crippen LogP contribution is -2.32. The summed E-state index contributed by atoms with van der Waals surface area (Å²) >= 11 is 0. The van der Waals surface area contributed by atoms with E-state index >= 15 is 0 Å². The average Bonchev–Trinajstić information content (AvgIpc) is 1.84. The fraction of sp³-hybridized carbons (Fsp3) is 0.750. The van der Waals surface area contributed by atoms with E-state index in [1.807, 2.05) is 6.92 Å². The first-order chi connectivity index (χ1) is 4.98. The summed E-state index contributed by atoms with van der Waals surface area (Å²) in [7, 11) is 0. The summed E-state index contributed by atoms with van der Waals surface area (Å²) in [6.07, 6.45) is 0.991. The minimum absolute atomic E-state index is 0.160. The summed E-state index contributed by atoms with van der Waals surface area (Å²) in [6.45, 7) is 8.34. The molecule has 0 aliphatic carbocycles. The zero-order valence-corrected chi connectivity index (χ0v) is 7.18. The molecular formula is C8H16NO2. The highest BCUT2D eigenvalue weighted by atomic mass is 16.4. The van der Waals surface area contributed by atoms with E-state index in [0.29, 0.717) is 6.54 Å². The molecule has 1 atom stereocenters. The van der Waals surface area contributed by atoms with Crippen molar-refractivity contribution < 1.29 is 9.90 Å². The van der Waals surface area contributed by atoms with E-state index < -0.39 is 6.09 Å². The van der Waals surface area contributed by atoms with Crippen LogP contribution in [-0.4, -0.2) is 17.7 Å². The van der Waals surface area contributed by atoms with Crippen LogP contribution >= 0.6 is 0 Å². The van der Waals surface area contributed by atoms with Crippen LogP contribution in [0, 0.1) is 12.3 Å². The zero-order chi connectivity index (χ0) is 8.91. The van der Waals surface area contributed by atoms with Crippen LogP contribution in [0.3, 0.4) is 0 Å². The highest BCUT2D eigenvalue weighted by molar-refractivity contribution is 5.64. The van der Waals surface area contributed by atoms with Gasteiger partial charge in [-0.05, 0) is 18.8 Å². The van der Waals surface area contributed by atoms with Crippen molar-refractivity contribution in [3.05, 3.63) is 6.92 Å². The number of rotatable bonds is 4. The topological polar surface area (TPSA) is 49.3 Å². The predicted molar refractivity (Wildman–Crippen MR) is 44.4 cm³/mol. The maximum absolute atomic E-state index is 10.1. The molecule has 65 valence electrons. The van der Waals surface area contributed by atoms with Gasteiger partial charge < -0.3 is 10.4 Å². The van der Waals surface area contributed by atoms with E-state index in [9.17, 15) is 4.79 Å². The molecule has 2 N–H and O–H groups in total. The van der Waals surface area contributed by atoms with Crippen molar-refractivity contribution >= 4 is 6.09 Å². The fourth-order valence-electron chi connectivity index (χ4n) is 0.981. The van der Waals surface area contributed by atoms with Crippen molar-refractivity contribution in [2.75, 3.05) is 6.54 Å². The van der Waals surface area contributed by atoms with Crippen molar-refractivity contribution in [1.29, 1.82) is 0 Å². The molecular weight excluding hydrogens is 142 g/mol. The molecule has 0 aromatic carbocycles. The molecule has 1 radical (unpaired) electrons. The molecule has 3 heteroatoms. The highest BCUT2D eigenvalue weighted by Crippen LogP contribution is 2.19. The first-order valence-electron chi connectivity index (χ1n) is 3.80. The number of amides is 1. The van der Waals surface area contributed by atoms with E-state index in [-0.39, 0.29) is 5.41 Å². The van der Waals surface area contributed by atoms with E-state index in [4.69, 9.17) is 5.11 Å². The monoisotopic (exact) mass is 158 g/mol. The molecule has 0 saturated heterocycles. The second-order valence-electron chi connectivity index (χ2n) is 3.22. The Morgan fingerprint density at radius 3 is 2.64 bits per heavy atom. The van der Waals surface area contributed by atoms with E-state index in [1.165, 1.54) is 0 Å². The van der Waals surface area contributed by atoms with Crippen molar-refractivity contribution in [3.8, 4) is 0 Å². The summed E-state index contributed by atoms with van der Waals surface area (Å²) < 4.78 is 0. The molecule has 0 heterocycles. The van der Waals surface area contributed by atoms with E-state index in [1.54, 1.807) is 0 Å². The van der Waals surface area contributed by atoms with Crippen molar-refractivity contribution in [3.63, 3.8) is 0 Å². The summed E-state index contributed by atoms with van der Waals surface area (Å²) in [5.74, 6) is 0. The highest BCUT2D eigenvalue weighted by Gasteiger charge is 2.16. The van der Waals surface area contributed by atoms with Gasteiger partial charge in [-0.2, -0.15) is 0 Å². The van der Waals surface area contributed by atoms with Crippen LogP contribution in [0.2, 0.25) is 0 Å². The van der Waals surface area contributed by atoms with E-state index in [0.717, 1.165) is 12.8 Å². The molecule has 0 aliphatic rings. The van der Waals surface area contributed by atoms with Gasteiger partial charge in [-0.3, -0.25) is 0 Å². The van der Waals surface area contributed by atoms with Gasteiger partial charge in [-0.25, -0.2) is 4.79 Å². The van der Waals surface area contributed by atoms with Gasteiger partial charge in [0.1, 0.15) is 0 Å². The minimum atomic E-state index is -0.976. The minimum Gasteiger partial charge on any atom is -0.465 e. The van der Waals surface area contributed by atoms with Gasteiger partial charge in [0, 0.05) is 6.54 Å². The lowest BCUT2D eigenvalue weighted by Gasteiger charge is -2.22. The van der Waals surface area contributed by atoms with Gasteiger partial charge in [-0.1, -0.05) is 20.3 Å². The van der Waals surface area contributed by atoms with Crippen LogP contribution in [0.25, 0.3) is 0 Å². The molecule has 0 saturated carbocycles. The van der Waals surface area contributed by atoms with Crippen LogP contribution in [0.5, 0.6) is 0 Å². The molecule has 3 nitrogen and oxygen atoms in total. The van der Waals surface area contributed by atoms with Crippen molar-refractivity contribution in [1.82, 2.24) is 5.32 Å². The summed E-state index contributed by atoms with van der Waals surface area (Å²) in [6, 6.07) is 0. The molecule has 0 spiro atoms. The Morgan fingerprint density at radius 1 is 1.73 bits per heavy atom. The maximum Gasteiger partial charge on any atom is 0.404 e. The molecule has 1 unspecified atom stereocenters. The standard InChI is InChI=1S/C8H16NO2/c1-4-5-8(2,3)6-9-7(10)11/h9H,2,4-6H2,1,3H3,(H,10,11). The molecule has 0 rings (SSSR count). The second kappa shape index (κ2) is 4.21. The van der Waals surface area contributed by atoms with Gasteiger partial charge in [0.2, 0.25) is 0 Å². The van der Waals surface area contributed by atoms with Gasteiger partial charge >= 0.3 is 6.09 Å². The predicted octanol–water partition coefficient (Wildman–Crippen LogP) is 1.89. The third kappa shape index (κ3) is 5.70. The Labute approximate surface area is 67.8 Å². The molecule has 0 aliphatic heterocycles. The Bertz CT molecular complexity index is 132. The molecule has 1 amide bonds. The Morgan fingerprint density at radius 2 is 2.27 bits per heavy atom. The van der Waals surface area contributed by atoms with Crippen LogP contribution in [0.4, 0.5) is 4.79 Å². The number of hydrogen-bond acceptors (Lipinski definition) is 1. The normalized spacial score (nSPS) is 11.2. The lowest BCUT2D eigenvalue weighted by molar-refractivity contribution is 0.189.